The van der Waals surface area contributed by atoms with Gasteiger partial charge in [0, 0.05) is 21.7 Å². The minimum atomic E-state index is 0. The molecule has 0 aliphatic heterocycles. The first-order valence-corrected chi connectivity index (χ1v) is 4.52. The van der Waals surface area contributed by atoms with E-state index in [4.69, 9.17) is 4.74 Å². The van der Waals surface area contributed by atoms with E-state index in [9.17, 15) is 4.79 Å². The Morgan fingerprint density at radius 3 is 2.00 bits per heavy atom. The predicted octanol–water partition coefficient (Wildman–Crippen LogP) is 2.27. The monoisotopic (exact) mass is 204 g/mol. The Balaban J connectivity index is 0.00000121. The van der Waals surface area contributed by atoms with Gasteiger partial charge in [0.2, 0.25) is 0 Å². The molecule has 0 aromatic carbocycles. The molecule has 0 unspecified atom stereocenters. The van der Waals surface area contributed by atoms with E-state index in [2.05, 4.69) is 0 Å². The minimum Gasteiger partial charge on any atom is -0.465 e. The summed E-state index contributed by atoms with van der Waals surface area (Å²) in [6.07, 6.45) is 8.76. The van der Waals surface area contributed by atoms with Crippen molar-refractivity contribution in [3.05, 3.63) is 0 Å². The first-order valence-electron chi connectivity index (χ1n) is 4.52. The van der Waals surface area contributed by atoms with Gasteiger partial charge in [-0.05, 0) is 25.7 Å². The third-order valence-corrected chi connectivity index (χ3v) is 2.30. The van der Waals surface area contributed by atoms with Crippen LogP contribution in [0.3, 0.4) is 0 Å². The maximum Gasteiger partial charge on any atom is 0.293 e. The van der Waals surface area contributed by atoms with Gasteiger partial charge < -0.3 is 4.74 Å². The largest absolute Gasteiger partial charge is 0.465 e. The second-order valence-electron chi connectivity index (χ2n) is 3.20. The van der Waals surface area contributed by atoms with Crippen molar-refractivity contribution in [3.63, 3.8) is 0 Å². The molecule has 0 radical (unpaired) electrons. The molecular weight excluding hydrogens is 188 g/mol. The van der Waals surface area contributed by atoms with E-state index in [0.717, 1.165) is 12.8 Å². The molecule has 12 heavy (non-hydrogen) atoms. The van der Waals surface area contributed by atoms with Gasteiger partial charge >= 0.3 is 0 Å². The molecule has 1 aliphatic rings. The third-order valence-electron chi connectivity index (χ3n) is 2.30. The number of carbonyl (C=O) groups excluding carboxylic acids is 1. The Morgan fingerprint density at radius 1 is 1.00 bits per heavy atom. The molecule has 0 saturated heterocycles. The van der Waals surface area contributed by atoms with Gasteiger partial charge in [-0.3, -0.25) is 4.79 Å². The minimum absolute atomic E-state index is 0. The van der Waals surface area contributed by atoms with Crippen molar-refractivity contribution in [2.45, 2.75) is 51.0 Å². The molecule has 0 bridgehead atoms. The number of carbonyl (C=O) groups is 1. The molecule has 3 heteroatoms. The van der Waals surface area contributed by atoms with Crippen molar-refractivity contribution in [1.82, 2.24) is 0 Å². The van der Waals surface area contributed by atoms with Crippen LogP contribution in [0, 0.1) is 0 Å². The van der Waals surface area contributed by atoms with Crippen LogP contribution in [-0.2, 0) is 31.2 Å². The summed E-state index contributed by atoms with van der Waals surface area (Å²) in [7, 11) is 0. The second kappa shape index (κ2) is 7.81. The topological polar surface area (TPSA) is 26.3 Å². The van der Waals surface area contributed by atoms with Crippen LogP contribution in [0.5, 0.6) is 0 Å². The number of hydrogen-bond acceptors (Lipinski definition) is 2. The predicted molar refractivity (Wildman–Crippen MR) is 43.3 cm³/mol. The van der Waals surface area contributed by atoms with Crippen molar-refractivity contribution in [3.8, 4) is 0 Å². The Morgan fingerprint density at radius 2 is 1.50 bits per heavy atom. The molecule has 1 rings (SSSR count). The van der Waals surface area contributed by atoms with Crippen molar-refractivity contribution in [1.29, 1.82) is 0 Å². The van der Waals surface area contributed by atoms with Crippen molar-refractivity contribution in [2.75, 3.05) is 0 Å². The summed E-state index contributed by atoms with van der Waals surface area (Å²) in [5, 5.41) is 0. The average Bonchev–Trinajstić information content (AvgIpc) is 1.94. The zero-order chi connectivity index (χ0) is 7.94. The number of ether oxygens (including phenoxy) is 1. The van der Waals surface area contributed by atoms with E-state index >= 15 is 0 Å². The summed E-state index contributed by atoms with van der Waals surface area (Å²) in [6, 6.07) is 0. The summed E-state index contributed by atoms with van der Waals surface area (Å²) in [5.41, 5.74) is 0. The second-order valence-corrected chi connectivity index (χ2v) is 3.20. The van der Waals surface area contributed by atoms with Gasteiger partial charge in [-0.2, -0.15) is 0 Å². The fourth-order valence-electron chi connectivity index (χ4n) is 1.63. The first-order chi connectivity index (χ1) is 5.43. The molecule has 0 N–H and O–H groups in total. The molecule has 0 heterocycles. The molecule has 0 spiro atoms. The molecule has 1 fully saturated rings. The number of rotatable bonds is 2. The van der Waals surface area contributed by atoms with E-state index < -0.39 is 0 Å². The molecule has 0 aromatic rings. The maximum absolute atomic E-state index is 10.0. The van der Waals surface area contributed by atoms with E-state index in [-0.39, 0.29) is 27.8 Å². The summed E-state index contributed by atoms with van der Waals surface area (Å²) in [6.45, 7) is 0.590. The summed E-state index contributed by atoms with van der Waals surface area (Å²) < 4.78 is 4.94. The van der Waals surface area contributed by atoms with E-state index in [1.165, 1.54) is 32.1 Å². The van der Waals surface area contributed by atoms with Gasteiger partial charge in [-0.1, -0.05) is 19.3 Å². The van der Waals surface area contributed by atoms with Crippen LogP contribution in [0.25, 0.3) is 0 Å². The zero-order valence-corrected chi connectivity index (χ0v) is 8.98. The third kappa shape index (κ3) is 4.94. The van der Waals surface area contributed by atoms with Crippen LogP contribution in [0.4, 0.5) is 0 Å². The van der Waals surface area contributed by atoms with Crippen LogP contribution in [0.1, 0.15) is 44.9 Å². The van der Waals surface area contributed by atoms with Gasteiger partial charge in [0.15, 0.2) is 0 Å². The van der Waals surface area contributed by atoms with Gasteiger partial charge in [0.25, 0.3) is 6.47 Å². The summed E-state index contributed by atoms with van der Waals surface area (Å²) >= 11 is 0. The SMILES string of the molecule is O=COC1CCCCCCC1.[Ti]. The van der Waals surface area contributed by atoms with Crippen LogP contribution in [0.15, 0.2) is 0 Å². The van der Waals surface area contributed by atoms with Gasteiger partial charge in [-0.15, -0.1) is 0 Å². The molecule has 0 amide bonds. The van der Waals surface area contributed by atoms with Crippen molar-refractivity contribution < 1.29 is 31.2 Å². The van der Waals surface area contributed by atoms with Gasteiger partial charge in [0.05, 0.1) is 0 Å². The molecule has 68 valence electrons. The Labute approximate surface area is 88.9 Å². The molecule has 1 saturated carbocycles. The quantitative estimate of drug-likeness (QED) is 0.509. The van der Waals surface area contributed by atoms with Crippen molar-refractivity contribution >= 4 is 6.47 Å². The normalized spacial score (nSPS) is 20.0. The zero-order valence-electron chi connectivity index (χ0n) is 7.42. The standard InChI is InChI=1S/C9H16O2.Ti/c10-8-11-9-6-4-2-1-3-5-7-9;/h8-9H,1-7H2;. The van der Waals surface area contributed by atoms with E-state index in [0.29, 0.717) is 6.47 Å². The Kier molecular flexibility index (Phi) is 7.93. The molecule has 0 atom stereocenters. The molecular formula is C9H16O2Ti. The smallest absolute Gasteiger partial charge is 0.293 e. The molecule has 1 aliphatic carbocycles. The van der Waals surface area contributed by atoms with Crippen LogP contribution in [-0.4, -0.2) is 12.6 Å². The number of hydrogen-bond donors (Lipinski definition) is 0. The fraction of sp³-hybridized carbons (Fsp3) is 0.889. The molecule has 2 nitrogen and oxygen atoms in total. The summed E-state index contributed by atoms with van der Waals surface area (Å²) in [5.74, 6) is 0. The van der Waals surface area contributed by atoms with Gasteiger partial charge in [0.1, 0.15) is 6.10 Å². The fourth-order valence-corrected chi connectivity index (χ4v) is 1.63. The van der Waals surface area contributed by atoms with E-state index in [1.807, 2.05) is 0 Å². The van der Waals surface area contributed by atoms with Crippen molar-refractivity contribution in [2.24, 2.45) is 0 Å². The Hall–Kier alpha value is 0.184. The molecule has 0 aromatic heterocycles. The van der Waals surface area contributed by atoms with E-state index in [1.54, 1.807) is 0 Å². The average molecular weight is 204 g/mol. The van der Waals surface area contributed by atoms with Gasteiger partial charge in [-0.25, -0.2) is 0 Å². The first kappa shape index (κ1) is 12.2. The maximum atomic E-state index is 10.0. The van der Waals surface area contributed by atoms with Crippen LogP contribution < -0.4 is 0 Å². The summed E-state index contributed by atoms with van der Waals surface area (Å²) in [4.78, 5) is 10.0. The van der Waals surface area contributed by atoms with Crippen LogP contribution in [0.2, 0.25) is 0 Å². The van der Waals surface area contributed by atoms with Crippen LogP contribution >= 0.6 is 0 Å². The Bertz CT molecular complexity index is 109.